The van der Waals surface area contributed by atoms with E-state index in [-0.39, 0.29) is 11.9 Å². The van der Waals surface area contributed by atoms with Gasteiger partial charge in [-0.3, -0.25) is 8.74 Å². The zero-order valence-corrected chi connectivity index (χ0v) is 7.16. The summed E-state index contributed by atoms with van der Waals surface area (Å²) in [7, 11) is 0. The second kappa shape index (κ2) is 5.55. The highest BCUT2D eigenvalue weighted by molar-refractivity contribution is 7.84. The predicted molar refractivity (Wildman–Crippen MR) is 43.4 cm³/mol. The average molecular weight is 188 g/mol. The number of thiol groups is 2. The predicted octanol–water partition coefficient (Wildman–Crippen LogP) is 0.368. The van der Waals surface area contributed by atoms with Crippen LogP contribution in [0.5, 0.6) is 0 Å². The highest BCUT2D eigenvalue weighted by Crippen LogP contribution is 1.98. The fraction of sp³-hybridized carbons (Fsp3) is 1.00. The van der Waals surface area contributed by atoms with Crippen molar-refractivity contribution in [2.24, 2.45) is 0 Å². The molecule has 0 aliphatic heterocycles. The number of hydrogen-bond acceptors (Lipinski definition) is 4. The van der Waals surface area contributed by atoms with Gasteiger partial charge in [0.05, 0.1) is 6.61 Å². The molecule has 1 N–H and O–H groups in total. The van der Waals surface area contributed by atoms with E-state index < -0.39 is 11.4 Å². The summed E-state index contributed by atoms with van der Waals surface area (Å²) < 4.78 is 22.2. The van der Waals surface area contributed by atoms with E-state index >= 15 is 0 Å². The molecule has 0 aliphatic carbocycles. The maximum Gasteiger partial charge on any atom is 0.301 e. The molecule has 0 fully saturated rings. The van der Waals surface area contributed by atoms with Gasteiger partial charge in [0, 0.05) is 11.0 Å². The van der Waals surface area contributed by atoms with Gasteiger partial charge in [-0.05, 0) is 0 Å². The van der Waals surface area contributed by atoms with Gasteiger partial charge in [-0.2, -0.15) is 29.5 Å². The first kappa shape index (κ1) is 9.77. The molecule has 2 unspecified atom stereocenters. The molecule has 0 aliphatic rings. The molecule has 0 spiro atoms. The largest absolute Gasteiger partial charge is 0.301 e. The minimum absolute atomic E-state index is 0.0792. The Morgan fingerprint density at radius 3 is 2.67 bits per heavy atom. The highest BCUT2D eigenvalue weighted by atomic mass is 32.2. The van der Waals surface area contributed by atoms with E-state index in [0.717, 1.165) is 0 Å². The fourth-order valence-corrected chi connectivity index (χ4v) is 0.751. The van der Waals surface area contributed by atoms with Crippen molar-refractivity contribution in [2.45, 2.75) is 5.25 Å². The van der Waals surface area contributed by atoms with Crippen LogP contribution in [-0.4, -0.2) is 26.4 Å². The van der Waals surface area contributed by atoms with Gasteiger partial charge in [0.15, 0.2) is 0 Å². The maximum atomic E-state index is 9.85. The van der Waals surface area contributed by atoms with Gasteiger partial charge >= 0.3 is 11.4 Å². The Morgan fingerprint density at radius 2 is 2.33 bits per heavy atom. The lowest BCUT2D eigenvalue weighted by molar-refractivity contribution is 0.312. The van der Waals surface area contributed by atoms with Crippen molar-refractivity contribution in [2.75, 3.05) is 12.4 Å². The van der Waals surface area contributed by atoms with Crippen LogP contribution in [0.15, 0.2) is 0 Å². The lowest BCUT2D eigenvalue weighted by Gasteiger charge is -2.02. The van der Waals surface area contributed by atoms with E-state index in [1.165, 1.54) is 0 Å². The zero-order chi connectivity index (χ0) is 7.28. The molecular formula is C3H8O3S3. The van der Waals surface area contributed by atoms with Gasteiger partial charge in [-0.25, -0.2) is 0 Å². The van der Waals surface area contributed by atoms with Crippen LogP contribution in [0.2, 0.25) is 0 Å². The smallest absolute Gasteiger partial charge is 0.284 e. The monoisotopic (exact) mass is 188 g/mol. The first-order valence-corrected chi connectivity index (χ1v) is 4.38. The first-order chi connectivity index (χ1) is 4.16. The molecule has 0 aromatic carbocycles. The van der Waals surface area contributed by atoms with E-state index in [1.54, 1.807) is 0 Å². The van der Waals surface area contributed by atoms with Gasteiger partial charge in [-0.1, -0.05) is 0 Å². The average Bonchev–Trinajstić information content (AvgIpc) is 1.83. The third-order valence-corrected chi connectivity index (χ3v) is 1.97. The lowest BCUT2D eigenvalue weighted by Crippen LogP contribution is -2.11. The molecule has 56 valence electrons. The SMILES string of the molecule is O=S(O)OCC(S)CS. The standard InChI is InChI=1S/C3H8O3S3/c4-9(5)6-1-3(8)2-7/h3,7-8H,1-2H2,(H,4,5). The van der Waals surface area contributed by atoms with Crippen LogP contribution in [0.4, 0.5) is 0 Å². The summed E-state index contributed by atoms with van der Waals surface area (Å²) in [4.78, 5) is 0. The molecule has 0 aromatic rings. The van der Waals surface area contributed by atoms with Crippen molar-refractivity contribution in [3.05, 3.63) is 0 Å². The van der Waals surface area contributed by atoms with E-state index in [0.29, 0.717) is 5.75 Å². The summed E-state index contributed by atoms with van der Waals surface area (Å²) >= 11 is 5.67. The Balaban J connectivity index is 3.16. The molecule has 0 saturated heterocycles. The number of hydrogen-bond donors (Lipinski definition) is 3. The molecule has 0 rings (SSSR count). The van der Waals surface area contributed by atoms with E-state index in [2.05, 4.69) is 29.4 Å². The zero-order valence-electron chi connectivity index (χ0n) is 4.56. The fourth-order valence-electron chi connectivity index (χ4n) is 0.189. The normalized spacial score (nSPS) is 17.2. The molecule has 2 atom stereocenters. The molecular weight excluding hydrogens is 180 g/mol. The van der Waals surface area contributed by atoms with E-state index in [4.69, 9.17) is 4.55 Å². The highest BCUT2D eigenvalue weighted by Gasteiger charge is 2.01. The van der Waals surface area contributed by atoms with E-state index in [1.807, 2.05) is 0 Å². The van der Waals surface area contributed by atoms with Crippen molar-refractivity contribution in [1.82, 2.24) is 0 Å². The van der Waals surface area contributed by atoms with Crippen LogP contribution in [0.25, 0.3) is 0 Å². The second-order valence-corrected chi connectivity index (χ2v) is 3.10. The van der Waals surface area contributed by atoms with Gasteiger partial charge < -0.3 is 0 Å². The summed E-state index contributed by atoms with van der Waals surface area (Å²) in [6.07, 6.45) is 0. The molecule has 0 bridgehead atoms. The molecule has 0 aromatic heterocycles. The Morgan fingerprint density at radius 1 is 1.78 bits per heavy atom. The molecule has 0 radical (unpaired) electrons. The molecule has 0 amide bonds. The van der Waals surface area contributed by atoms with Crippen molar-refractivity contribution < 1.29 is 12.9 Å². The minimum Gasteiger partial charge on any atom is -0.284 e. The Hall–Kier alpha value is 0.770. The van der Waals surface area contributed by atoms with Crippen LogP contribution in [0.3, 0.4) is 0 Å². The molecule has 0 heterocycles. The third-order valence-electron chi connectivity index (χ3n) is 0.572. The third kappa shape index (κ3) is 6.66. The first-order valence-electron chi connectivity index (χ1n) is 2.20. The Kier molecular flexibility index (Phi) is 6.02. The van der Waals surface area contributed by atoms with Crippen molar-refractivity contribution in [3.8, 4) is 0 Å². The topological polar surface area (TPSA) is 46.5 Å². The van der Waals surface area contributed by atoms with Crippen LogP contribution < -0.4 is 0 Å². The summed E-state index contributed by atoms with van der Waals surface area (Å²) in [5, 5.41) is -0.0792. The molecule has 6 heteroatoms. The van der Waals surface area contributed by atoms with Crippen LogP contribution in [-0.2, 0) is 15.5 Å². The molecule has 0 saturated carbocycles. The summed E-state index contributed by atoms with van der Waals surface area (Å²) in [6.45, 7) is 0.149. The summed E-state index contributed by atoms with van der Waals surface area (Å²) in [5.41, 5.74) is 0. The van der Waals surface area contributed by atoms with Crippen molar-refractivity contribution >= 4 is 36.6 Å². The van der Waals surface area contributed by atoms with Crippen LogP contribution >= 0.6 is 25.3 Å². The van der Waals surface area contributed by atoms with Crippen LogP contribution in [0.1, 0.15) is 0 Å². The maximum absolute atomic E-state index is 9.85. The lowest BCUT2D eigenvalue weighted by atomic mass is 10.5. The van der Waals surface area contributed by atoms with E-state index in [9.17, 15) is 4.21 Å². The summed E-state index contributed by atoms with van der Waals surface area (Å²) in [5.74, 6) is 0.528. The molecule has 3 nitrogen and oxygen atoms in total. The summed E-state index contributed by atoms with van der Waals surface area (Å²) in [6, 6.07) is 0. The Labute approximate surface area is 67.5 Å². The Bertz CT molecular complexity index is 96.3. The number of rotatable bonds is 4. The van der Waals surface area contributed by atoms with Gasteiger partial charge in [0.25, 0.3) is 0 Å². The van der Waals surface area contributed by atoms with Crippen molar-refractivity contribution in [3.63, 3.8) is 0 Å². The van der Waals surface area contributed by atoms with Crippen molar-refractivity contribution in [1.29, 1.82) is 0 Å². The quantitative estimate of drug-likeness (QED) is 0.441. The van der Waals surface area contributed by atoms with Gasteiger partial charge in [-0.15, -0.1) is 0 Å². The van der Waals surface area contributed by atoms with Crippen LogP contribution in [0, 0.1) is 0 Å². The van der Waals surface area contributed by atoms with Gasteiger partial charge in [0.2, 0.25) is 0 Å². The minimum atomic E-state index is -2.17. The van der Waals surface area contributed by atoms with Gasteiger partial charge in [0.1, 0.15) is 0 Å². The molecule has 9 heavy (non-hydrogen) atoms. The second-order valence-electron chi connectivity index (χ2n) is 1.34.